The fourth-order valence-electron chi connectivity index (χ4n) is 1.72. The number of aryl methyl sites for hydroxylation is 1. The molecule has 0 saturated carbocycles. The molecule has 4 nitrogen and oxygen atoms in total. The van der Waals surface area contributed by atoms with Gasteiger partial charge in [0.2, 0.25) is 5.91 Å². The molecule has 0 saturated heterocycles. The molecule has 0 aliphatic rings. The molecule has 0 aliphatic heterocycles. The second-order valence-electron chi connectivity index (χ2n) is 4.64. The molecule has 0 spiro atoms. The summed E-state index contributed by atoms with van der Waals surface area (Å²) in [5.41, 5.74) is 2.52. The molecule has 19 heavy (non-hydrogen) atoms. The Morgan fingerprint density at radius 1 is 1.16 bits per heavy atom. The molecule has 0 aromatic heterocycles. The van der Waals surface area contributed by atoms with Crippen molar-refractivity contribution < 1.29 is 14.7 Å². The summed E-state index contributed by atoms with van der Waals surface area (Å²) in [7, 11) is 1.67. The van der Waals surface area contributed by atoms with Gasteiger partial charge >= 0.3 is 5.97 Å². The van der Waals surface area contributed by atoms with Gasteiger partial charge in [0.25, 0.3) is 0 Å². The van der Waals surface area contributed by atoms with Crippen molar-refractivity contribution in [2.45, 2.75) is 27.3 Å². The Morgan fingerprint density at radius 2 is 1.74 bits per heavy atom. The van der Waals surface area contributed by atoms with Crippen LogP contribution in [0.1, 0.15) is 25.0 Å². The highest BCUT2D eigenvalue weighted by Crippen LogP contribution is 2.13. The largest absolute Gasteiger partial charge is 0.478 e. The van der Waals surface area contributed by atoms with Crippen LogP contribution < -0.4 is 0 Å². The fraction of sp³-hybridized carbons (Fsp3) is 0.333. The third kappa shape index (κ3) is 3.68. The average molecular weight is 261 g/mol. The van der Waals surface area contributed by atoms with E-state index in [1.807, 2.05) is 31.2 Å². The van der Waals surface area contributed by atoms with Crippen LogP contribution >= 0.6 is 0 Å². The lowest BCUT2D eigenvalue weighted by molar-refractivity contribution is -0.133. The Hall–Kier alpha value is -2.10. The summed E-state index contributed by atoms with van der Waals surface area (Å²) in [6.07, 6.45) is 0. The van der Waals surface area contributed by atoms with Crippen LogP contribution in [0, 0.1) is 6.92 Å². The summed E-state index contributed by atoms with van der Waals surface area (Å²) in [5, 5.41) is 8.89. The smallest absolute Gasteiger partial charge is 0.331 e. The lowest BCUT2D eigenvalue weighted by atomic mass is 10.1. The number of carboxylic acid groups (broad SMARTS) is 1. The number of amides is 1. The van der Waals surface area contributed by atoms with Gasteiger partial charge in [-0.15, -0.1) is 0 Å². The maximum Gasteiger partial charge on any atom is 0.331 e. The predicted octanol–water partition coefficient (Wildman–Crippen LogP) is 2.37. The highest BCUT2D eigenvalue weighted by Gasteiger charge is 2.17. The number of rotatable bonds is 4. The van der Waals surface area contributed by atoms with Crippen molar-refractivity contribution in [3.63, 3.8) is 0 Å². The minimum Gasteiger partial charge on any atom is -0.478 e. The summed E-state index contributed by atoms with van der Waals surface area (Å²) in [5.74, 6) is -1.32. The molecule has 0 aliphatic carbocycles. The van der Waals surface area contributed by atoms with Gasteiger partial charge in [0, 0.05) is 24.7 Å². The maximum atomic E-state index is 12.1. The van der Waals surface area contributed by atoms with E-state index in [1.54, 1.807) is 14.0 Å². The number of aliphatic carboxylic acids is 1. The minimum absolute atomic E-state index is 0.0848. The van der Waals surface area contributed by atoms with Gasteiger partial charge in [0.15, 0.2) is 0 Å². The highest BCUT2D eigenvalue weighted by molar-refractivity contribution is 6.01. The van der Waals surface area contributed by atoms with E-state index in [9.17, 15) is 9.59 Å². The number of likely N-dealkylation sites (N-methyl/N-ethyl adjacent to an activating group) is 1. The first-order chi connectivity index (χ1) is 8.84. The number of nitrogens with zero attached hydrogens (tertiary/aromatic N) is 1. The van der Waals surface area contributed by atoms with Crippen LogP contribution in [0.15, 0.2) is 35.4 Å². The van der Waals surface area contributed by atoms with Crippen molar-refractivity contribution in [1.82, 2.24) is 4.90 Å². The predicted molar refractivity (Wildman–Crippen MR) is 73.7 cm³/mol. The van der Waals surface area contributed by atoms with Gasteiger partial charge in [0.1, 0.15) is 0 Å². The zero-order valence-electron chi connectivity index (χ0n) is 11.7. The molecule has 1 N–H and O–H groups in total. The van der Waals surface area contributed by atoms with E-state index >= 15 is 0 Å². The minimum atomic E-state index is -1.06. The molecule has 1 rings (SSSR count). The van der Waals surface area contributed by atoms with E-state index in [-0.39, 0.29) is 17.1 Å². The average Bonchev–Trinajstić information content (AvgIpc) is 2.38. The van der Waals surface area contributed by atoms with Crippen LogP contribution in [-0.4, -0.2) is 28.9 Å². The monoisotopic (exact) mass is 261 g/mol. The molecular weight excluding hydrogens is 242 g/mol. The van der Waals surface area contributed by atoms with Crippen molar-refractivity contribution in [2.24, 2.45) is 0 Å². The van der Waals surface area contributed by atoms with Crippen molar-refractivity contribution >= 4 is 11.9 Å². The quantitative estimate of drug-likeness (QED) is 0.846. The van der Waals surface area contributed by atoms with Gasteiger partial charge in [-0.05, 0) is 31.9 Å². The zero-order valence-corrected chi connectivity index (χ0v) is 11.7. The Bertz CT molecular complexity index is 532. The molecule has 0 atom stereocenters. The van der Waals surface area contributed by atoms with Crippen molar-refractivity contribution in [2.75, 3.05) is 7.05 Å². The summed E-state index contributed by atoms with van der Waals surface area (Å²) in [4.78, 5) is 24.5. The Morgan fingerprint density at radius 3 is 2.26 bits per heavy atom. The molecule has 0 radical (unpaired) electrons. The van der Waals surface area contributed by atoms with E-state index in [4.69, 9.17) is 5.11 Å². The maximum absolute atomic E-state index is 12.1. The Balaban J connectivity index is 2.88. The summed E-state index contributed by atoms with van der Waals surface area (Å²) in [6, 6.07) is 7.81. The van der Waals surface area contributed by atoms with Gasteiger partial charge in [0.05, 0.1) is 0 Å². The normalized spacial score (nSPS) is 11.8. The van der Waals surface area contributed by atoms with Crippen LogP contribution in [0.3, 0.4) is 0 Å². The fourth-order valence-corrected chi connectivity index (χ4v) is 1.72. The number of carbonyl (C=O) groups excluding carboxylic acids is 1. The van der Waals surface area contributed by atoms with Crippen molar-refractivity contribution in [3.05, 3.63) is 46.5 Å². The van der Waals surface area contributed by atoms with E-state index in [0.29, 0.717) is 6.54 Å². The first kappa shape index (κ1) is 15.0. The van der Waals surface area contributed by atoms with Crippen molar-refractivity contribution in [3.8, 4) is 0 Å². The second kappa shape index (κ2) is 6.18. The number of benzene rings is 1. The van der Waals surface area contributed by atoms with Crippen molar-refractivity contribution in [1.29, 1.82) is 0 Å². The van der Waals surface area contributed by atoms with Gasteiger partial charge < -0.3 is 10.0 Å². The lowest BCUT2D eigenvalue weighted by Crippen LogP contribution is -2.28. The Kier molecular flexibility index (Phi) is 4.87. The number of hydrogen-bond donors (Lipinski definition) is 1. The number of carboxylic acids is 1. The molecule has 0 unspecified atom stereocenters. The first-order valence-corrected chi connectivity index (χ1v) is 6.05. The third-order valence-electron chi connectivity index (χ3n) is 3.22. The van der Waals surface area contributed by atoms with Gasteiger partial charge in [-0.2, -0.15) is 0 Å². The third-order valence-corrected chi connectivity index (χ3v) is 3.22. The number of carbonyl (C=O) groups is 2. The van der Waals surface area contributed by atoms with Crippen LogP contribution in [0.2, 0.25) is 0 Å². The molecule has 1 amide bonds. The van der Waals surface area contributed by atoms with E-state index in [2.05, 4.69) is 0 Å². The molecule has 1 aromatic carbocycles. The van der Waals surface area contributed by atoms with Crippen LogP contribution in [0.25, 0.3) is 0 Å². The Labute approximate surface area is 113 Å². The van der Waals surface area contributed by atoms with Gasteiger partial charge in [-0.3, -0.25) is 4.79 Å². The topological polar surface area (TPSA) is 57.6 Å². The molecule has 0 fully saturated rings. The molecule has 102 valence electrons. The molecular formula is C15H19NO3. The molecule has 4 heteroatoms. The van der Waals surface area contributed by atoms with Crippen LogP contribution in [-0.2, 0) is 16.1 Å². The summed E-state index contributed by atoms with van der Waals surface area (Å²) < 4.78 is 0. The van der Waals surface area contributed by atoms with Gasteiger partial charge in [-0.25, -0.2) is 4.79 Å². The lowest BCUT2D eigenvalue weighted by Gasteiger charge is -2.19. The van der Waals surface area contributed by atoms with E-state index < -0.39 is 5.97 Å². The molecule has 1 aromatic rings. The highest BCUT2D eigenvalue weighted by atomic mass is 16.4. The van der Waals surface area contributed by atoms with E-state index in [0.717, 1.165) is 11.1 Å². The molecule has 0 heterocycles. The summed E-state index contributed by atoms with van der Waals surface area (Å²) >= 11 is 0. The number of hydrogen-bond acceptors (Lipinski definition) is 2. The standard InChI is InChI=1S/C15H19NO3/c1-10-7-5-6-8-13(10)9-16(4)14(17)11(2)12(3)15(18)19/h5-8H,9H2,1-4H3,(H,18,19). The second-order valence-corrected chi connectivity index (χ2v) is 4.64. The van der Waals surface area contributed by atoms with Gasteiger partial charge in [-0.1, -0.05) is 24.3 Å². The zero-order chi connectivity index (χ0) is 14.6. The van der Waals surface area contributed by atoms with Crippen LogP contribution in [0.4, 0.5) is 0 Å². The molecule has 0 bridgehead atoms. The first-order valence-electron chi connectivity index (χ1n) is 6.05. The van der Waals surface area contributed by atoms with Crippen LogP contribution in [0.5, 0.6) is 0 Å². The van der Waals surface area contributed by atoms with E-state index in [1.165, 1.54) is 11.8 Å². The SMILES string of the molecule is CC(C(=O)O)=C(C)C(=O)N(C)Cc1ccccc1C. The summed E-state index contributed by atoms with van der Waals surface area (Å²) in [6.45, 7) is 5.44.